The Hall–Kier alpha value is -0.480. The molecule has 0 radical (unpaired) electrons. The minimum atomic E-state index is 0. The van der Waals surface area contributed by atoms with Gasteiger partial charge in [-0.1, -0.05) is 11.6 Å². The summed E-state index contributed by atoms with van der Waals surface area (Å²) in [6.07, 6.45) is 2.57. The highest BCUT2D eigenvalue weighted by Gasteiger charge is 2.32. The van der Waals surface area contributed by atoms with Crippen LogP contribution < -0.4 is 10.1 Å². The zero-order valence-electron chi connectivity index (χ0n) is 11.8. The lowest BCUT2D eigenvalue weighted by Crippen LogP contribution is -2.43. The van der Waals surface area contributed by atoms with Crippen molar-refractivity contribution in [1.82, 2.24) is 10.2 Å². The summed E-state index contributed by atoms with van der Waals surface area (Å²) >= 11 is 6.10. The number of likely N-dealkylation sites (tertiary alicyclic amines) is 1. The van der Waals surface area contributed by atoms with E-state index in [0.717, 1.165) is 35.8 Å². The van der Waals surface area contributed by atoms with Crippen molar-refractivity contribution >= 4 is 24.0 Å². The molecule has 2 saturated heterocycles. The summed E-state index contributed by atoms with van der Waals surface area (Å²) in [6, 6.07) is 6.62. The molecular weight excluding hydrogens is 295 g/mol. The number of fused-ring (bicyclic) bond motifs is 1. The summed E-state index contributed by atoms with van der Waals surface area (Å²) in [5, 5.41) is 4.39. The highest BCUT2D eigenvalue weighted by molar-refractivity contribution is 6.30. The summed E-state index contributed by atoms with van der Waals surface area (Å²) in [7, 11) is 1.72. The van der Waals surface area contributed by atoms with Crippen LogP contribution in [0.15, 0.2) is 18.2 Å². The average molecular weight is 317 g/mol. The van der Waals surface area contributed by atoms with Crippen molar-refractivity contribution in [2.24, 2.45) is 5.92 Å². The first-order valence-corrected chi connectivity index (χ1v) is 7.42. The van der Waals surface area contributed by atoms with Crippen LogP contribution in [0.2, 0.25) is 5.02 Å². The van der Waals surface area contributed by atoms with E-state index in [1.54, 1.807) is 7.11 Å². The summed E-state index contributed by atoms with van der Waals surface area (Å²) in [4.78, 5) is 2.53. The smallest absolute Gasteiger partial charge is 0.123 e. The first-order chi connectivity index (χ1) is 9.26. The van der Waals surface area contributed by atoms with Crippen molar-refractivity contribution < 1.29 is 4.74 Å². The molecule has 2 unspecified atom stereocenters. The maximum atomic E-state index is 6.10. The molecule has 0 amide bonds. The first kappa shape index (κ1) is 15.9. The van der Waals surface area contributed by atoms with Gasteiger partial charge in [-0.2, -0.15) is 0 Å². The van der Waals surface area contributed by atoms with Crippen LogP contribution in [0.4, 0.5) is 0 Å². The molecule has 2 fully saturated rings. The van der Waals surface area contributed by atoms with Gasteiger partial charge in [-0.3, -0.25) is 4.90 Å². The molecule has 112 valence electrons. The van der Waals surface area contributed by atoms with Gasteiger partial charge in [0, 0.05) is 29.7 Å². The highest BCUT2D eigenvalue weighted by Crippen LogP contribution is 2.28. The normalized spacial score (nSPS) is 25.9. The Kier molecular flexibility index (Phi) is 5.56. The minimum Gasteiger partial charge on any atom is -0.496 e. The predicted octanol–water partition coefficient (Wildman–Crippen LogP) is 2.95. The molecular formula is C15H22Cl2N2O. The number of ether oxygens (including phenoxy) is 1. The van der Waals surface area contributed by atoms with E-state index in [2.05, 4.69) is 10.2 Å². The molecule has 1 aromatic carbocycles. The summed E-state index contributed by atoms with van der Waals surface area (Å²) in [6.45, 7) is 4.47. The van der Waals surface area contributed by atoms with Crippen LogP contribution in [0, 0.1) is 5.92 Å². The van der Waals surface area contributed by atoms with Gasteiger partial charge in [-0.25, -0.2) is 0 Å². The van der Waals surface area contributed by atoms with Gasteiger partial charge in [0.05, 0.1) is 7.11 Å². The number of rotatable bonds is 3. The van der Waals surface area contributed by atoms with Crippen LogP contribution in [0.3, 0.4) is 0 Å². The first-order valence-electron chi connectivity index (χ1n) is 7.04. The van der Waals surface area contributed by atoms with E-state index in [1.807, 2.05) is 18.2 Å². The van der Waals surface area contributed by atoms with Crippen molar-refractivity contribution in [1.29, 1.82) is 0 Å². The maximum Gasteiger partial charge on any atom is 0.123 e. The van der Waals surface area contributed by atoms with Crippen LogP contribution in [0.1, 0.15) is 18.4 Å². The number of methoxy groups -OCH3 is 1. The van der Waals surface area contributed by atoms with Gasteiger partial charge in [-0.15, -0.1) is 12.4 Å². The average Bonchev–Trinajstić information content (AvgIpc) is 2.86. The van der Waals surface area contributed by atoms with Gasteiger partial charge in [0.15, 0.2) is 0 Å². The van der Waals surface area contributed by atoms with Gasteiger partial charge in [-0.05, 0) is 50.0 Å². The topological polar surface area (TPSA) is 24.5 Å². The molecule has 1 aromatic rings. The third kappa shape index (κ3) is 3.40. The molecule has 2 aliphatic rings. The van der Waals surface area contributed by atoms with Crippen LogP contribution in [0.5, 0.6) is 5.75 Å². The van der Waals surface area contributed by atoms with Gasteiger partial charge in [0.2, 0.25) is 0 Å². The van der Waals surface area contributed by atoms with Crippen LogP contribution >= 0.6 is 24.0 Å². The quantitative estimate of drug-likeness (QED) is 0.928. The van der Waals surface area contributed by atoms with E-state index in [0.29, 0.717) is 0 Å². The molecule has 2 heterocycles. The van der Waals surface area contributed by atoms with Crippen molar-refractivity contribution in [3.63, 3.8) is 0 Å². The zero-order valence-corrected chi connectivity index (χ0v) is 13.3. The third-order valence-electron chi connectivity index (χ3n) is 4.38. The molecule has 0 spiro atoms. The lowest BCUT2D eigenvalue weighted by Gasteiger charge is -2.35. The van der Waals surface area contributed by atoms with E-state index in [4.69, 9.17) is 16.3 Å². The SMILES string of the molecule is COc1ccc(Cl)cc1CN1CCC2NCCC2C1.Cl. The monoisotopic (exact) mass is 316 g/mol. The third-order valence-corrected chi connectivity index (χ3v) is 4.61. The standard InChI is InChI=1S/C15H21ClN2O.ClH/c1-19-15-3-2-13(16)8-12(15)10-18-7-5-14-11(9-18)4-6-17-14;/h2-3,8,11,14,17H,4-7,9-10H2,1H3;1H. The Morgan fingerprint density at radius 1 is 1.40 bits per heavy atom. The Balaban J connectivity index is 0.00000147. The number of benzene rings is 1. The van der Waals surface area contributed by atoms with Gasteiger partial charge in [0.25, 0.3) is 0 Å². The minimum absolute atomic E-state index is 0. The Labute approximate surface area is 132 Å². The number of piperidine rings is 1. The van der Waals surface area contributed by atoms with Crippen molar-refractivity contribution in [3.05, 3.63) is 28.8 Å². The van der Waals surface area contributed by atoms with Crippen molar-refractivity contribution in [3.8, 4) is 5.75 Å². The second-order valence-electron chi connectivity index (χ2n) is 5.59. The van der Waals surface area contributed by atoms with Gasteiger partial charge >= 0.3 is 0 Å². The molecule has 3 rings (SSSR count). The fourth-order valence-electron chi connectivity index (χ4n) is 3.38. The van der Waals surface area contributed by atoms with E-state index >= 15 is 0 Å². The number of hydrogen-bond acceptors (Lipinski definition) is 3. The van der Waals surface area contributed by atoms with Crippen molar-refractivity contribution in [2.75, 3.05) is 26.7 Å². The Morgan fingerprint density at radius 2 is 2.25 bits per heavy atom. The van der Waals surface area contributed by atoms with Crippen molar-refractivity contribution in [2.45, 2.75) is 25.4 Å². The maximum absolute atomic E-state index is 6.10. The molecule has 1 N–H and O–H groups in total. The Morgan fingerprint density at radius 3 is 3.05 bits per heavy atom. The lowest BCUT2D eigenvalue weighted by atomic mass is 9.93. The van der Waals surface area contributed by atoms with E-state index < -0.39 is 0 Å². The Bertz CT molecular complexity index is 455. The molecule has 2 atom stereocenters. The number of halogens is 2. The van der Waals surface area contributed by atoms with E-state index in [9.17, 15) is 0 Å². The fourth-order valence-corrected chi connectivity index (χ4v) is 3.57. The molecule has 5 heteroatoms. The van der Waals surface area contributed by atoms with E-state index in [-0.39, 0.29) is 12.4 Å². The largest absolute Gasteiger partial charge is 0.496 e. The number of hydrogen-bond donors (Lipinski definition) is 1. The van der Waals surface area contributed by atoms with Gasteiger partial charge < -0.3 is 10.1 Å². The van der Waals surface area contributed by atoms with Crippen LogP contribution in [0.25, 0.3) is 0 Å². The summed E-state index contributed by atoms with van der Waals surface area (Å²) in [5.41, 5.74) is 1.19. The fraction of sp³-hybridized carbons (Fsp3) is 0.600. The number of nitrogens with one attached hydrogen (secondary N) is 1. The highest BCUT2D eigenvalue weighted by atomic mass is 35.5. The van der Waals surface area contributed by atoms with Crippen LogP contribution in [-0.2, 0) is 6.54 Å². The second kappa shape index (κ2) is 6.99. The van der Waals surface area contributed by atoms with Crippen LogP contribution in [-0.4, -0.2) is 37.7 Å². The molecule has 3 nitrogen and oxygen atoms in total. The molecule has 0 bridgehead atoms. The number of nitrogens with zero attached hydrogens (tertiary/aromatic N) is 1. The molecule has 0 aromatic heterocycles. The zero-order chi connectivity index (χ0) is 13.2. The lowest BCUT2D eigenvalue weighted by molar-refractivity contribution is 0.154. The molecule has 20 heavy (non-hydrogen) atoms. The second-order valence-corrected chi connectivity index (χ2v) is 6.03. The summed E-state index contributed by atoms with van der Waals surface area (Å²) in [5.74, 6) is 1.76. The van der Waals surface area contributed by atoms with E-state index in [1.165, 1.54) is 31.5 Å². The molecule has 0 saturated carbocycles. The van der Waals surface area contributed by atoms with Gasteiger partial charge in [0.1, 0.15) is 5.75 Å². The summed E-state index contributed by atoms with van der Waals surface area (Å²) < 4.78 is 5.43. The predicted molar refractivity (Wildman–Crippen MR) is 85.0 cm³/mol. The molecule has 0 aliphatic carbocycles. The molecule has 2 aliphatic heterocycles.